The molecule has 1 aromatic rings. The highest BCUT2D eigenvalue weighted by Gasteiger charge is 2.45. The van der Waals surface area contributed by atoms with E-state index in [1.54, 1.807) is 0 Å². The highest BCUT2D eigenvalue weighted by atomic mass is 16.5. The Hall–Kier alpha value is -0.900. The topological polar surface area (TPSA) is 64.9 Å². The van der Waals surface area contributed by atoms with E-state index in [9.17, 15) is 0 Å². The molecule has 1 aromatic heterocycles. The lowest BCUT2D eigenvalue weighted by molar-refractivity contribution is 0.219. The molecule has 0 amide bonds. The van der Waals surface area contributed by atoms with E-state index in [1.165, 1.54) is 32.1 Å². The largest absolute Gasteiger partial charge is 0.337 e. The van der Waals surface area contributed by atoms with Crippen molar-refractivity contribution >= 4 is 0 Å². The number of aromatic nitrogens is 2. The van der Waals surface area contributed by atoms with Crippen molar-refractivity contribution in [2.45, 2.75) is 62.8 Å². The standard InChI is InChI=1S/C12H19N3O/c1-11(7-8-11)9-14-10(16-15-9)12(13)5-3-2-4-6-12/h2-8,13H2,1H3. The van der Waals surface area contributed by atoms with Gasteiger partial charge in [-0.15, -0.1) is 0 Å². The molecular weight excluding hydrogens is 202 g/mol. The van der Waals surface area contributed by atoms with Gasteiger partial charge in [0.15, 0.2) is 5.82 Å². The Morgan fingerprint density at radius 3 is 2.44 bits per heavy atom. The second kappa shape index (κ2) is 3.29. The molecule has 3 rings (SSSR count). The molecular formula is C12H19N3O. The zero-order chi connectivity index (χ0) is 11.2. The van der Waals surface area contributed by atoms with Gasteiger partial charge in [0, 0.05) is 5.41 Å². The molecule has 0 atom stereocenters. The molecule has 2 aliphatic carbocycles. The average Bonchev–Trinajstić information content (AvgIpc) is 2.84. The average molecular weight is 221 g/mol. The Labute approximate surface area is 95.6 Å². The first-order valence-electron chi connectivity index (χ1n) is 6.26. The minimum absolute atomic E-state index is 0.173. The summed E-state index contributed by atoms with van der Waals surface area (Å²) in [7, 11) is 0. The van der Waals surface area contributed by atoms with Crippen LogP contribution in [-0.4, -0.2) is 10.1 Å². The second-order valence-electron chi connectivity index (χ2n) is 5.70. The summed E-state index contributed by atoms with van der Waals surface area (Å²) in [6.45, 7) is 2.19. The third kappa shape index (κ3) is 1.56. The molecule has 4 nitrogen and oxygen atoms in total. The van der Waals surface area contributed by atoms with Gasteiger partial charge in [-0.05, 0) is 25.7 Å². The Bertz CT molecular complexity index is 389. The normalized spacial score (nSPS) is 26.6. The fourth-order valence-electron chi connectivity index (χ4n) is 2.48. The van der Waals surface area contributed by atoms with Crippen molar-refractivity contribution in [2.75, 3.05) is 0 Å². The number of nitrogens with zero attached hydrogens (tertiary/aromatic N) is 2. The van der Waals surface area contributed by atoms with Crippen molar-refractivity contribution < 1.29 is 4.52 Å². The summed E-state index contributed by atoms with van der Waals surface area (Å²) in [5.74, 6) is 1.52. The molecule has 0 radical (unpaired) electrons. The Morgan fingerprint density at radius 1 is 1.12 bits per heavy atom. The van der Waals surface area contributed by atoms with E-state index >= 15 is 0 Å². The SMILES string of the molecule is CC1(c2noc(C3(N)CCCCC3)n2)CC1. The van der Waals surface area contributed by atoms with Crippen LogP contribution in [0.3, 0.4) is 0 Å². The zero-order valence-electron chi connectivity index (χ0n) is 9.83. The number of hydrogen-bond donors (Lipinski definition) is 1. The predicted molar refractivity (Wildman–Crippen MR) is 59.8 cm³/mol. The maximum atomic E-state index is 6.36. The maximum absolute atomic E-state index is 6.36. The third-order valence-corrected chi connectivity index (χ3v) is 4.14. The van der Waals surface area contributed by atoms with Gasteiger partial charge in [0.2, 0.25) is 5.89 Å². The van der Waals surface area contributed by atoms with Crippen LogP contribution < -0.4 is 5.73 Å². The molecule has 0 spiro atoms. The summed E-state index contributed by atoms with van der Waals surface area (Å²) in [6.07, 6.45) is 7.92. The van der Waals surface area contributed by atoms with Crippen molar-refractivity contribution in [3.63, 3.8) is 0 Å². The minimum Gasteiger partial charge on any atom is -0.337 e. The molecule has 0 saturated heterocycles. The molecule has 0 bridgehead atoms. The van der Waals surface area contributed by atoms with Crippen molar-refractivity contribution in [1.29, 1.82) is 0 Å². The van der Waals surface area contributed by atoms with E-state index in [0.29, 0.717) is 5.89 Å². The highest BCUT2D eigenvalue weighted by molar-refractivity contribution is 5.16. The van der Waals surface area contributed by atoms with Crippen LogP contribution >= 0.6 is 0 Å². The van der Waals surface area contributed by atoms with Gasteiger partial charge in [0.25, 0.3) is 0 Å². The summed E-state index contributed by atoms with van der Waals surface area (Å²) in [6, 6.07) is 0. The van der Waals surface area contributed by atoms with Crippen molar-refractivity contribution in [2.24, 2.45) is 5.73 Å². The van der Waals surface area contributed by atoms with Gasteiger partial charge in [-0.1, -0.05) is 31.3 Å². The van der Waals surface area contributed by atoms with Crippen LogP contribution in [0.25, 0.3) is 0 Å². The molecule has 0 aliphatic heterocycles. The molecule has 2 fully saturated rings. The van der Waals surface area contributed by atoms with Crippen LogP contribution in [0.5, 0.6) is 0 Å². The van der Waals surface area contributed by atoms with Crippen LogP contribution in [0.1, 0.15) is 63.6 Å². The number of hydrogen-bond acceptors (Lipinski definition) is 4. The smallest absolute Gasteiger partial charge is 0.246 e. The highest BCUT2D eigenvalue weighted by Crippen LogP contribution is 2.46. The summed E-state index contributed by atoms with van der Waals surface area (Å²) in [5.41, 5.74) is 6.18. The number of rotatable bonds is 2. The van der Waals surface area contributed by atoms with E-state index in [0.717, 1.165) is 18.7 Å². The molecule has 0 unspecified atom stereocenters. The molecule has 88 valence electrons. The van der Waals surface area contributed by atoms with Gasteiger partial charge in [-0.25, -0.2) is 0 Å². The van der Waals surface area contributed by atoms with Gasteiger partial charge in [-0.3, -0.25) is 0 Å². The first-order chi connectivity index (χ1) is 7.62. The monoisotopic (exact) mass is 221 g/mol. The van der Waals surface area contributed by atoms with E-state index in [4.69, 9.17) is 10.3 Å². The summed E-state index contributed by atoms with van der Waals surface area (Å²) >= 11 is 0. The molecule has 4 heteroatoms. The van der Waals surface area contributed by atoms with E-state index in [1.807, 2.05) is 0 Å². The molecule has 2 N–H and O–H groups in total. The number of nitrogens with two attached hydrogens (primary N) is 1. The molecule has 2 saturated carbocycles. The van der Waals surface area contributed by atoms with E-state index in [2.05, 4.69) is 17.1 Å². The van der Waals surface area contributed by atoms with Gasteiger partial charge in [0.1, 0.15) is 0 Å². The molecule has 16 heavy (non-hydrogen) atoms. The van der Waals surface area contributed by atoms with Gasteiger partial charge >= 0.3 is 0 Å². The van der Waals surface area contributed by atoms with Crippen molar-refractivity contribution in [3.05, 3.63) is 11.7 Å². The van der Waals surface area contributed by atoms with Crippen LogP contribution in [0.4, 0.5) is 0 Å². The van der Waals surface area contributed by atoms with Crippen LogP contribution in [-0.2, 0) is 11.0 Å². The first kappa shape index (κ1) is 10.3. The fraction of sp³-hybridized carbons (Fsp3) is 0.833. The lowest BCUT2D eigenvalue weighted by Crippen LogP contribution is -2.39. The summed E-state index contributed by atoms with van der Waals surface area (Å²) in [5, 5.41) is 4.10. The van der Waals surface area contributed by atoms with Crippen LogP contribution in [0.15, 0.2) is 4.52 Å². The van der Waals surface area contributed by atoms with Crippen LogP contribution in [0.2, 0.25) is 0 Å². The van der Waals surface area contributed by atoms with E-state index < -0.39 is 0 Å². The Morgan fingerprint density at radius 2 is 1.81 bits per heavy atom. The quantitative estimate of drug-likeness (QED) is 0.831. The van der Waals surface area contributed by atoms with Gasteiger partial charge < -0.3 is 10.3 Å². The predicted octanol–water partition coefficient (Wildman–Crippen LogP) is 2.24. The van der Waals surface area contributed by atoms with Gasteiger partial charge in [0.05, 0.1) is 5.54 Å². The zero-order valence-corrected chi connectivity index (χ0v) is 9.83. The Kier molecular flexibility index (Phi) is 2.11. The van der Waals surface area contributed by atoms with Crippen LogP contribution in [0, 0.1) is 0 Å². The Balaban J connectivity index is 1.85. The van der Waals surface area contributed by atoms with E-state index in [-0.39, 0.29) is 11.0 Å². The third-order valence-electron chi connectivity index (χ3n) is 4.14. The van der Waals surface area contributed by atoms with Crippen molar-refractivity contribution in [3.8, 4) is 0 Å². The maximum Gasteiger partial charge on any atom is 0.246 e. The minimum atomic E-state index is -0.352. The van der Waals surface area contributed by atoms with Crippen molar-refractivity contribution in [1.82, 2.24) is 10.1 Å². The lowest BCUT2D eigenvalue weighted by Gasteiger charge is -2.29. The lowest BCUT2D eigenvalue weighted by atomic mass is 9.82. The van der Waals surface area contributed by atoms with Gasteiger partial charge in [-0.2, -0.15) is 4.98 Å². The first-order valence-corrected chi connectivity index (χ1v) is 6.26. The summed E-state index contributed by atoms with van der Waals surface area (Å²) in [4.78, 5) is 4.54. The molecule has 0 aromatic carbocycles. The molecule has 1 heterocycles. The molecule has 2 aliphatic rings. The summed E-state index contributed by atoms with van der Waals surface area (Å²) < 4.78 is 5.39. The second-order valence-corrected chi connectivity index (χ2v) is 5.70. The fourth-order valence-corrected chi connectivity index (χ4v) is 2.48.